The van der Waals surface area contributed by atoms with E-state index in [0.29, 0.717) is 0 Å². The molecule has 1 nitrogen and oxygen atoms in total. The first-order chi connectivity index (χ1) is 4.95. The third kappa shape index (κ3) is 0.511. The molecular formula is C9H11N. The molecule has 0 bridgehead atoms. The summed E-state index contributed by atoms with van der Waals surface area (Å²) in [5.41, 5.74) is 3.13. The molecule has 3 aliphatic rings. The summed E-state index contributed by atoms with van der Waals surface area (Å²) in [6, 6.07) is 0. The van der Waals surface area contributed by atoms with Crippen molar-refractivity contribution in [1.82, 2.24) is 0 Å². The van der Waals surface area contributed by atoms with Crippen molar-refractivity contribution in [3.8, 4) is 0 Å². The van der Waals surface area contributed by atoms with Gasteiger partial charge in [0.2, 0.25) is 0 Å². The molecule has 0 N–H and O–H groups in total. The molecule has 0 amide bonds. The summed E-state index contributed by atoms with van der Waals surface area (Å²) >= 11 is 0. The van der Waals surface area contributed by atoms with Gasteiger partial charge in [-0.25, -0.2) is 0 Å². The lowest BCUT2D eigenvalue weighted by Gasteiger charge is -2.10. The van der Waals surface area contributed by atoms with Gasteiger partial charge in [-0.05, 0) is 30.8 Å². The molecule has 0 aromatic heterocycles. The Bertz CT molecular complexity index is 237. The van der Waals surface area contributed by atoms with Crippen LogP contribution in [-0.4, -0.2) is 6.21 Å². The standard InChI is InChI=1S/C9H11N/c1-2-7-5-8(7)9-6(1)3-4-10-9/h4,7-8H,1-3,5H2. The molecule has 2 aliphatic carbocycles. The highest BCUT2D eigenvalue weighted by molar-refractivity contribution is 5.68. The van der Waals surface area contributed by atoms with Crippen LogP contribution in [0, 0.1) is 11.8 Å². The number of hydrogen-bond acceptors (Lipinski definition) is 1. The third-order valence-electron chi connectivity index (χ3n) is 3.02. The van der Waals surface area contributed by atoms with Crippen LogP contribution in [0.15, 0.2) is 16.3 Å². The molecule has 0 radical (unpaired) electrons. The van der Waals surface area contributed by atoms with Crippen LogP contribution < -0.4 is 0 Å². The molecule has 52 valence electrons. The first-order valence-electron chi connectivity index (χ1n) is 4.19. The number of rotatable bonds is 0. The molecule has 0 aromatic rings. The fraction of sp³-hybridized carbons (Fsp3) is 0.667. The number of nitrogens with zero attached hydrogens (tertiary/aromatic N) is 1. The van der Waals surface area contributed by atoms with Crippen molar-refractivity contribution in [2.45, 2.75) is 25.7 Å². The molecular weight excluding hydrogens is 122 g/mol. The Morgan fingerprint density at radius 3 is 3.50 bits per heavy atom. The van der Waals surface area contributed by atoms with Crippen LogP contribution in [0.1, 0.15) is 25.7 Å². The highest BCUT2D eigenvalue weighted by atomic mass is 14.8. The highest BCUT2D eigenvalue weighted by Gasteiger charge is 2.44. The zero-order valence-corrected chi connectivity index (χ0v) is 6.01. The molecule has 3 rings (SSSR count). The first-order valence-corrected chi connectivity index (χ1v) is 4.19. The van der Waals surface area contributed by atoms with E-state index in [1.54, 1.807) is 5.57 Å². The predicted octanol–water partition coefficient (Wildman–Crippen LogP) is 2.14. The van der Waals surface area contributed by atoms with Gasteiger partial charge >= 0.3 is 0 Å². The number of hydrogen-bond donors (Lipinski definition) is 0. The van der Waals surface area contributed by atoms with Gasteiger partial charge in [0.25, 0.3) is 0 Å². The molecule has 0 saturated heterocycles. The van der Waals surface area contributed by atoms with Crippen molar-refractivity contribution in [1.29, 1.82) is 0 Å². The monoisotopic (exact) mass is 133 g/mol. The molecule has 1 heterocycles. The van der Waals surface area contributed by atoms with E-state index in [-0.39, 0.29) is 0 Å². The van der Waals surface area contributed by atoms with Crippen LogP contribution in [0.25, 0.3) is 0 Å². The first kappa shape index (κ1) is 5.11. The minimum Gasteiger partial charge on any atom is -0.265 e. The normalized spacial score (nSPS) is 41.6. The Morgan fingerprint density at radius 1 is 1.50 bits per heavy atom. The lowest BCUT2D eigenvalue weighted by Crippen LogP contribution is -1.97. The molecule has 1 fully saturated rings. The summed E-state index contributed by atoms with van der Waals surface area (Å²) in [5.74, 6) is 1.94. The van der Waals surface area contributed by atoms with Gasteiger partial charge in [-0.15, -0.1) is 0 Å². The van der Waals surface area contributed by atoms with Gasteiger partial charge < -0.3 is 0 Å². The third-order valence-corrected chi connectivity index (χ3v) is 3.02. The van der Waals surface area contributed by atoms with E-state index in [9.17, 15) is 0 Å². The van der Waals surface area contributed by atoms with Gasteiger partial charge in [0.1, 0.15) is 0 Å². The summed E-state index contributed by atoms with van der Waals surface area (Å²) in [6.07, 6.45) is 7.49. The minimum atomic E-state index is 0.905. The van der Waals surface area contributed by atoms with Crippen LogP contribution >= 0.6 is 0 Å². The van der Waals surface area contributed by atoms with Crippen LogP contribution in [0.5, 0.6) is 0 Å². The lowest BCUT2D eigenvalue weighted by atomic mass is 9.96. The Hall–Kier alpha value is -0.590. The minimum absolute atomic E-state index is 0.905. The van der Waals surface area contributed by atoms with Crippen molar-refractivity contribution >= 4 is 6.21 Å². The Kier molecular flexibility index (Phi) is 0.779. The predicted molar refractivity (Wildman–Crippen MR) is 41.0 cm³/mol. The maximum atomic E-state index is 4.43. The van der Waals surface area contributed by atoms with Crippen molar-refractivity contribution in [2.24, 2.45) is 16.8 Å². The number of allylic oxidation sites excluding steroid dienone is 2. The summed E-state index contributed by atoms with van der Waals surface area (Å²) in [5, 5.41) is 0. The van der Waals surface area contributed by atoms with Gasteiger partial charge in [-0.1, -0.05) is 0 Å². The summed E-state index contributed by atoms with van der Waals surface area (Å²) < 4.78 is 0. The fourth-order valence-corrected chi connectivity index (χ4v) is 2.30. The van der Waals surface area contributed by atoms with Crippen LogP contribution in [0.2, 0.25) is 0 Å². The number of aliphatic imine (C=N–C) groups is 1. The summed E-state index contributed by atoms with van der Waals surface area (Å²) in [7, 11) is 0. The maximum absolute atomic E-state index is 4.43. The van der Waals surface area contributed by atoms with Crippen molar-refractivity contribution < 1.29 is 0 Å². The molecule has 1 aliphatic heterocycles. The SMILES string of the molecule is C1=NC2=C(C1)CCC1CC21. The second kappa shape index (κ2) is 1.52. The van der Waals surface area contributed by atoms with E-state index >= 15 is 0 Å². The van der Waals surface area contributed by atoms with E-state index in [0.717, 1.165) is 11.8 Å². The average molecular weight is 133 g/mol. The second-order valence-electron chi connectivity index (χ2n) is 3.65. The van der Waals surface area contributed by atoms with Gasteiger partial charge in [0, 0.05) is 24.3 Å². The Balaban J connectivity index is 2.05. The average Bonchev–Trinajstić information content (AvgIpc) is 2.60. The second-order valence-corrected chi connectivity index (χ2v) is 3.65. The van der Waals surface area contributed by atoms with Crippen molar-refractivity contribution in [3.63, 3.8) is 0 Å². The molecule has 2 atom stereocenters. The van der Waals surface area contributed by atoms with E-state index in [4.69, 9.17) is 0 Å². The van der Waals surface area contributed by atoms with Gasteiger partial charge in [-0.3, -0.25) is 4.99 Å². The summed E-state index contributed by atoms with van der Waals surface area (Å²) in [6.45, 7) is 0. The fourth-order valence-electron chi connectivity index (χ4n) is 2.30. The van der Waals surface area contributed by atoms with Crippen LogP contribution in [0.4, 0.5) is 0 Å². The van der Waals surface area contributed by atoms with Gasteiger partial charge in [-0.2, -0.15) is 0 Å². The number of fused-ring (bicyclic) bond motifs is 2. The maximum Gasteiger partial charge on any atom is 0.0429 e. The van der Waals surface area contributed by atoms with Crippen molar-refractivity contribution in [2.75, 3.05) is 0 Å². The Morgan fingerprint density at radius 2 is 2.50 bits per heavy atom. The van der Waals surface area contributed by atoms with Crippen LogP contribution in [-0.2, 0) is 0 Å². The van der Waals surface area contributed by atoms with E-state index in [1.807, 2.05) is 0 Å². The van der Waals surface area contributed by atoms with Gasteiger partial charge in [0.15, 0.2) is 0 Å². The van der Waals surface area contributed by atoms with Crippen molar-refractivity contribution in [3.05, 3.63) is 11.3 Å². The quantitative estimate of drug-likeness (QED) is 0.480. The molecule has 0 aromatic carbocycles. The highest BCUT2D eigenvalue weighted by Crippen LogP contribution is 2.54. The zero-order valence-electron chi connectivity index (χ0n) is 6.01. The molecule has 1 saturated carbocycles. The molecule has 0 spiro atoms. The molecule has 2 unspecified atom stereocenters. The van der Waals surface area contributed by atoms with E-state index < -0.39 is 0 Å². The molecule has 1 heteroatoms. The smallest absolute Gasteiger partial charge is 0.0429 e. The van der Waals surface area contributed by atoms with E-state index in [1.165, 1.54) is 31.4 Å². The largest absolute Gasteiger partial charge is 0.265 e. The topological polar surface area (TPSA) is 12.4 Å². The zero-order chi connectivity index (χ0) is 6.55. The van der Waals surface area contributed by atoms with E-state index in [2.05, 4.69) is 11.2 Å². The Labute approximate surface area is 60.8 Å². The van der Waals surface area contributed by atoms with Gasteiger partial charge in [0.05, 0.1) is 0 Å². The lowest BCUT2D eigenvalue weighted by molar-refractivity contribution is 0.634. The molecule has 10 heavy (non-hydrogen) atoms. The summed E-state index contributed by atoms with van der Waals surface area (Å²) in [4.78, 5) is 4.43. The van der Waals surface area contributed by atoms with Crippen LogP contribution in [0.3, 0.4) is 0 Å².